The second-order valence-electron chi connectivity index (χ2n) is 3.65. The lowest BCUT2D eigenvalue weighted by Gasteiger charge is -2.11. The maximum absolute atomic E-state index is 11.3. The lowest BCUT2D eigenvalue weighted by molar-refractivity contribution is -0.121. The first kappa shape index (κ1) is 13.0. The number of hydrogen-bond donors (Lipinski definition) is 1. The van der Waals surface area contributed by atoms with Gasteiger partial charge >= 0.3 is 0 Å². The van der Waals surface area contributed by atoms with Gasteiger partial charge in [0.05, 0.1) is 6.07 Å². The van der Waals surface area contributed by atoms with Crippen molar-refractivity contribution in [3.8, 4) is 6.07 Å². The van der Waals surface area contributed by atoms with Gasteiger partial charge in [0.1, 0.15) is 0 Å². The predicted octanol–water partition coefficient (Wildman–Crippen LogP) is 2.23. The Morgan fingerprint density at radius 3 is 2.50 bits per heavy atom. The van der Waals surface area contributed by atoms with Crippen LogP contribution in [0.3, 0.4) is 0 Å². The molecule has 0 saturated heterocycles. The summed E-state index contributed by atoms with van der Waals surface area (Å²) in [5.41, 5.74) is 0. The molecule has 0 aliphatic heterocycles. The van der Waals surface area contributed by atoms with Crippen molar-refractivity contribution >= 4 is 5.91 Å². The zero-order valence-corrected chi connectivity index (χ0v) is 9.34. The third-order valence-electron chi connectivity index (χ3n) is 2.41. The van der Waals surface area contributed by atoms with Gasteiger partial charge in [-0.1, -0.05) is 13.8 Å². The summed E-state index contributed by atoms with van der Waals surface area (Å²) >= 11 is 0. The van der Waals surface area contributed by atoms with Crippen LogP contribution in [0.15, 0.2) is 0 Å². The van der Waals surface area contributed by atoms with E-state index in [1.807, 2.05) is 20.8 Å². The lowest BCUT2D eigenvalue weighted by atomic mass is 10.0. The fourth-order valence-electron chi connectivity index (χ4n) is 1.11. The van der Waals surface area contributed by atoms with Crippen molar-refractivity contribution in [3.05, 3.63) is 0 Å². The molecule has 2 unspecified atom stereocenters. The molecule has 0 bridgehead atoms. The Kier molecular flexibility index (Phi) is 6.82. The molecule has 3 heteroatoms. The number of nitrogens with zero attached hydrogens (tertiary/aromatic N) is 1. The van der Waals surface area contributed by atoms with Gasteiger partial charge in [0.15, 0.2) is 0 Å². The maximum Gasteiger partial charge on any atom is 0.220 e. The highest BCUT2D eigenvalue weighted by Crippen LogP contribution is 2.09. The molecule has 0 aliphatic carbocycles. The molecular formula is C11H20N2O. The number of amides is 1. The third kappa shape index (κ3) is 5.58. The number of rotatable bonds is 6. The van der Waals surface area contributed by atoms with Gasteiger partial charge in [-0.15, -0.1) is 0 Å². The molecule has 0 radical (unpaired) electrons. The van der Waals surface area contributed by atoms with Crippen LogP contribution in [-0.2, 0) is 4.79 Å². The first-order valence-corrected chi connectivity index (χ1v) is 5.32. The number of carbonyl (C=O) groups excluding carboxylic acids is 1. The average Bonchev–Trinajstić information content (AvgIpc) is 2.19. The van der Waals surface area contributed by atoms with Gasteiger partial charge in [-0.2, -0.15) is 5.26 Å². The molecule has 0 aliphatic rings. The summed E-state index contributed by atoms with van der Waals surface area (Å²) in [7, 11) is 0. The quantitative estimate of drug-likeness (QED) is 0.708. The van der Waals surface area contributed by atoms with E-state index in [1.54, 1.807) is 0 Å². The molecule has 80 valence electrons. The summed E-state index contributed by atoms with van der Waals surface area (Å²) in [6.07, 6.45) is 2.92. The van der Waals surface area contributed by atoms with Crippen LogP contribution in [0, 0.1) is 17.2 Å². The van der Waals surface area contributed by atoms with E-state index < -0.39 is 0 Å². The van der Waals surface area contributed by atoms with Gasteiger partial charge in [0.2, 0.25) is 5.91 Å². The van der Waals surface area contributed by atoms with Crippen molar-refractivity contribution in [1.82, 2.24) is 5.32 Å². The van der Waals surface area contributed by atoms with Crippen molar-refractivity contribution < 1.29 is 4.79 Å². The Bertz CT molecular complexity index is 208. The molecule has 3 nitrogen and oxygen atoms in total. The molecule has 0 saturated carbocycles. The van der Waals surface area contributed by atoms with Crippen LogP contribution >= 0.6 is 0 Å². The minimum Gasteiger partial charge on any atom is -0.354 e. The summed E-state index contributed by atoms with van der Waals surface area (Å²) in [6.45, 7) is 6.00. The van der Waals surface area contributed by atoms with Crippen LogP contribution in [0.5, 0.6) is 0 Å². The Hall–Kier alpha value is -1.04. The summed E-state index contributed by atoms with van der Waals surface area (Å²) in [6, 6.07) is 2.43. The molecule has 0 spiro atoms. The van der Waals surface area contributed by atoms with E-state index in [0.717, 1.165) is 12.8 Å². The summed E-state index contributed by atoms with van der Waals surface area (Å²) in [4.78, 5) is 11.3. The zero-order chi connectivity index (χ0) is 11.0. The summed E-state index contributed by atoms with van der Waals surface area (Å²) in [5, 5.41) is 11.6. The monoisotopic (exact) mass is 196 g/mol. The molecule has 0 fully saturated rings. The maximum atomic E-state index is 11.3. The van der Waals surface area contributed by atoms with E-state index >= 15 is 0 Å². The highest BCUT2D eigenvalue weighted by molar-refractivity contribution is 5.76. The van der Waals surface area contributed by atoms with Crippen LogP contribution in [0.1, 0.15) is 46.5 Å². The molecule has 14 heavy (non-hydrogen) atoms. The second-order valence-corrected chi connectivity index (χ2v) is 3.65. The largest absolute Gasteiger partial charge is 0.354 e. The van der Waals surface area contributed by atoms with E-state index in [4.69, 9.17) is 5.26 Å². The van der Waals surface area contributed by atoms with Crippen molar-refractivity contribution in [2.75, 3.05) is 0 Å². The first-order chi connectivity index (χ1) is 6.63. The van der Waals surface area contributed by atoms with Crippen LogP contribution < -0.4 is 5.32 Å². The van der Waals surface area contributed by atoms with Gasteiger partial charge in [0.25, 0.3) is 0 Å². The molecule has 1 amide bonds. The van der Waals surface area contributed by atoms with Crippen molar-refractivity contribution in [2.24, 2.45) is 5.92 Å². The van der Waals surface area contributed by atoms with Crippen molar-refractivity contribution in [3.63, 3.8) is 0 Å². The van der Waals surface area contributed by atoms with E-state index in [-0.39, 0.29) is 17.9 Å². The Balaban J connectivity index is 3.69. The van der Waals surface area contributed by atoms with Crippen LogP contribution in [0.25, 0.3) is 0 Å². The number of hydrogen-bond acceptors (Lipinski definition) is 2. The van der Waals surface area contributed by atoms with Gasteiger partial charge in [-0.05, 0) is 26.2 Å². The molecule has 0 aromatic rings. The van der Waals surface area contributed by atoms with Crippen molar-refractivity contribution in [2.45, 2.75) is 52.5 Å². The first-order valence-electron chi connectivity index (χ1n) is 5.32. The molecule has 1 N–H and O–H groups in total. The Labute approximate surface area is 86.5 Å². The predicted molar refractivity (Wildman–Crippen MR) is 56.5 cm³/mol. The minimum absolute atomic E-state index is 0.0256. The van der Waals surface area contributed by atoms with Crippen molar-refractivity contribution in [1.29, 1.82) is 5.26 Å². The Morgan fingerprint density at radius 1 is 1.43 bits per heavy atom. The minimum atomic E-state index is 0.0256. The smallest absolute Gasteiger partial charge is 0.220 e. The van der Waals surface area contributed by atoms with E-state index in [1.165, 1.54) is 0 Å². The SMILES string of the molecule is CCC(C#N)CCC(=O)NC(C)CC. The summed E-state index contributed by atoms with van der Waals surface area (Å²) < 4.78 is 0. The average molecular weight is 196 g/mol. The topological polar surface area (TPSA) is 52.9 Å². The lowest BCUT2D eigenvalue weighted by Crippen LogP contribution is -2.31. The highest BCUT2D eigenvalue weighted by Gasteiger charge is 2.09. The van der Waals surface area contributed by atoms with Crippen LogP contribution in [-0.4, -0.2) is 11.9 Å². The van der Waals surface area contributed by atoms with Gasteiger partial charge in [0, 0.05) is 18.4 Å². The van der Waals surface area contributed by atoms with Gasteiger partial charge in [-0.3, -0.25) is 4.79 Å². The molecule has 0 aromatic heterocycles. The molecule has 0 rings (SSSR count). The zero-order valence-electron chi connectivity index (χ0n) is 9.34. The number of carbonyl (C=O) groups is 1. The molecule has 0 aromatic carbocycles. The van der Waals surface area contributed by atoms with E-state index in [9.17, 15) is 4.79 Å². The third-order valence-corrected chi connectivity index (χ3v) is 2.41. The van der Waals surface area contributed by atoms with Crippen LogP contribution in [0.2, 0.25) is 0 Å². The molecular weight excluding hydrogens is 176 g/mol. The number of nitriles is 1. The highest BCUT2D eigenvalue weighted by atomic mass is 16.1. The fourth-order valence-corrected chi connectivity index (χ4v) is 1.11. The molecule has 2 atom stereocenters. The Morgan fingerprint density at radius 2 is 2.07 bits per heavy atom. The van der Waals surface area contributed by atoms with E-state index in [0.29, 0.717) is 12.8 Å². The standard InChI is InChI=1S/C11H20N2O/c1-4-9(3)13-11(14)7-6-10(5-2)8-12/h9-10H,4-7H2,1-3H3,(H,13,14). The summed E-state index contributed by atoms with van der Waals surface area (Å²) in [5.74, 6) is 0.0886. The van der Waals surface area contributed by atoms with Gasteiger partial charge < -0.3 is 5.32 Å². The number of nitrogens with one attached hydrogen (secondary N) is 1. The second kappa shape index (κ2) is 7.37. The normalized spacial score (nSPS) is 14.1. The van der Waals surface area contributed by atoms with Gasteiger partial charge in [-0.25, -0.2) is 0 Å². The van der Waals surface area contributed by atoms with E-state index in [2.05, 4.69) is 11.4 Å². The molecule has 0 heterocycles. The van der Waals surface area contributed by atoms with Crippen LogP contribution in [0.4, 0.5) is 0 Å². The fraction of sp³-hybridized carbons (Fsp3) is 0.818.